The second-order valence-electron chi connectivity index (χ2n) is 7.36. The first kappa shape index (κ1) is 23.9. The number of carboxylic acids is 1. The van der Waals surface area contributed by atoms with Crippen LogP contribution in [-0.4, -0.2) is 24.2 Å². The number of carbonyl (C=O) groups excluding carboxylic acids is 1. The monoisotopic (exact) mass is 356 g/mol. The molecule has 0 saturated heterocycles. The molecule has 0 saturated carbocycles. The topological polar surface area (TPSA) is 63.6 Å². The van der Waals surface area contributed by atoms with Gasteiger partial charge in [0.05, 0.1) is 18.9 Å². The lowest BCUT2D eigenvalue weighted by Gasteiger charge is -2.12. The molecule has 0 aliphatic rings. The number of esters is 1. The lowest BCUT2D eigenvalue weighted by Crippen LogP contribution is -2.13. The number of aliphatic carboxylic acids is 1. The van der Waals surface area contributed by atoms with Crippen LogP contribution in [0.2, 0.25) is 0 Å². The van der Waals surface area contributed by atoms with Crippen LogP contribution in [0, 0.1) is 11.8 Å². The number of carbonyl (C=O) groups is 2. The van der Waals surface area contributed by atoms with Crippen LogP contribution < -0.4 is 0 Å². The van der Waals surface area contributed by atoms with Crippen LogP contribution in [0.25, 0.3) is 0 Å². The molecule has 0 aliphatic heterocycles. The molecule has 0 radical (unpaired) electrons. The highest BCUT2D eigenvalue weighted by Crippen LogP contribution is 2.19. The fourth-order valence-corrected chi connectivity index (χ4v) is 3.25. The number of rotatable bonds is 17. The van der Waals surface area contributed by atoms with E-state index in [1.165, 1.54) is 39.2 Å². The smallest absolute Gasteiger partial charge is 0.308 e. The predicted octanol–water partition coefficient (Wildman–Crippen LogP) is 5.98. The molecule has 4 nitrogen and oxygen atoms in total. The first-order chi connectivity index (χ1) is 12.0. The molecule has 1 N–H and O–H groups in total. The number of unbranched alkanes of at least 4 members (excludes halogenated alkanes) is 9. The van der Waals surface area contributed by atoms with Crippen molar-refractivity contribution < 1.29 is 19.4 Å². The van der Waals surface area contributed by atoms with Gasteiger partial charge in [-0.25, -0.2) is 0 Å². The van der Waals surface area contributed by atoms with Crippen molar-refractivity contribution >= 4 is 11.9 Å². The summed E-state index contributed by atoms with van der Waals surface area (Å²) < 4.78 is 4.73. The minimum absolute atomic E-state index is 0.00952. The molecule has 4 heteroatoms. The van der Waals surface area contributed by atoms with Gasteiger partial charge in [-0.3, -0.25) is 9.59 Å². The quantitative estimate of drug-likeness (QED) is 0.257. The van der Waals surface area contributed by atoms with Gasteiger partial charge >= 0.3 is 11.9 Å². The Labute approximate surface area is 154 Å². The zero-order valence-electron chi connectivity index (χ0n) is 16.7. The Morgan fingerprint density at radius 3 is 1.68 bits per heavy atom. The van der Waals surface area contributed by atoms with E-state index in [1.54, 1.807) is 0 Å². The molecule has 0 aromatic heterocycles. The Bertz CT molecular complexity index is 341. The Morgan fingerprint density at radius 2 is 1.24 bits per heavy atom. The molecule has 0 aromatic rings. The number of methoxy groups -OCH3 is 1. The lowest BCUT2D eigenvalue weighted by atomic mass is 9.94. The van der Waals surface area contributed by atoms with Crippen molar-refractivity contribution in [3.8, 4) is 0 Å². The zero-order valence-corrected chi connectivity index (χ0v) is 16.7. The number of ether oxygens (including phenoxy) is 1. The van der Waals surface area contributed by atoms with E-state index in [-0.39, 0.29) is 17.8 Å². The van der Waals surface area contributed by atoms with Crippen molar-refractivity contribution in [2.24, 2.45) is 11.8 Å². The molecule has 0 spiro atoms. The third-order valence-corrected chi connectivity index (χ3v) is 5.05. The number of carboxylic acid groups (broad SMARTS) is 1. The van der Waals surface area contributed by atoms with Crippen molar-refractivity contribution in [1.82, 2.24) is 0 Å². The van der Waals surface area contributed by atoms with E-state index in [4.69, 9.17) is 4.74 Å². The molecule has 25 heavy (non-hydrogen) atoms. The molecule has 0 bridgehead atoms. The van der Waals surface area contributed by atoms with E-state index < -0.39 is 5.97 Å². The Morgan fingerprint density at radius 1 is 0.800 bits per heavy atom. The van der Waals surface area contributed by atoms with Crippen LogP contribution in [0.5, 0.6) is 0 Å². The minimum atomic E-state index is -0.615. The van der Waals surface area contributed by atoms with Crippen molar-refractivity contribution in [2.75, 3.05) is 7.11 Å². The molecule has 2 atom stereocenters. The molecule has 148 valence electrons. The largest absolute Gasteiger partial charge is 0.481 e. The highest BCUT2D eigenvalue weighted by atomic mass is 16.5. The SMILES string of the molecule is CCCCCCC(CCCCCCCCCC(C)C(=O)OC)C(=O)O. The Hall–Kier alpha value is -1.06. The molecule has 0 aliphatic carbocycles. The van der Waals surface area contributed by atoms with E-state index in [9.17, 15) is 14.7 Å². The van der Waals surface area contributed by atoms with Gasteiger partial charge in [0.1, 0.15) is 0 Å². The van der Waals surface area contributed by atoms with Crippen molar-refractivity contribution in [1.29, 1.82) is 0 Å². The van der Waals surface area contributed by atoms with Crippen LogP contribution in [-0.2, 0) is 14.3 Å². The molecular weight excluding hydrogens is 316 g/mol. The average molecular weight is 357 g/mol. The van der Waals surface area contributed by atoms with Crippen LogP contribution >= 0.6 is 0 Å². The Kier molecular flexibility index (Phi) is 15.7. The van der Waals surface area contributed by atoms with Crippen LogP contribution in [0.15, 0.2) is 0 Å². The second kappa shape index (κ2) is 16.4. The van der Waals surface area contributed by atoms with Crippen LogP contribution in [0.3, 0.4) is 0 Å². The maximum Gasteiger partial charge on any atom is 0.308 e. The highest BCUT2D eigenvalue weighted by Gasteiger charge is 2.16. The third-order valence-electron chi connectivity index (χ3n) is 5.05. The van der Waals surface area contributed by atoms with Crippen molar-refractivity contribution in [2.45, 2.75) is 104 Å². The van der Waals surface area contributed by atoms with Gasteiger partial charge in [0, 0.05) is 0 Å². The summed E-state index contributed by atoms with van der Waals surface area (Å²) in [6, 6.07) is 0. The van der Waals surface area contributed by atoms with Crippen molar-refractivity contribution in [3.63, 3.8) is 0 Å². The van der Waals surface area contributed by atoms with E-state index in [2.05, 4.69) is 6.92 Å². The van der Waals surface area contributed by atoms with Gasteiger partial charge < -0.3 is 9.84 Å². The summed E-state index contributed by atoms with van der Waals surface area (Å²) in [7, 11) is 1.44. The second-order valence-corrected chi connectivity index (χ2v) is 7.36. The van der Waals surface area contributed by atoms with Gasteiger partial charge in [-0.1, -0.05) is 84.5 Å². The first-order valence-electron chi connectivity index (χ1n) is 10.3. The summed E-state index contributed by atoms with van der Waals surface area (Å²) in [6.07, 6.45) is 15.2. The summed E-state index contributed by atoms with van der Waals surface area (Å²) in [5.74, 6) is -0.856. The van der Waals surface area contributed by atoms with Gasteiger partial charge in [0.15, 0.2) is 0 Å². The van der Waals surface area contributed by atoms with Gasteiger partial charge in [0.2, 0.25) is 0 Å². The summed E-state index contributed by atoms with van der Waals surface area (Å²) in [6.45, 7) is 4.10. The average Bonchev–Trinajstić information content (AvgIpc) is 2.60. The summed E-state index contributed by atoms with van der Waals surface area (Å²) in [5.41, 5.74) is 0. The van der Waals surface area contributed by atoms with Gasteiger partial charge in [-0.15, -0.1) is 0 Å². The van der Waals surface area contributed by atoms with Gasteiger partial charge in [0.25, 0.3) is 0 Å². The normalized spacial score (nSPS) is 13.4. The lowest BCUT2D eigenvalue weighted by molar-refractivity contribution is -0.145. The fraction of sp³-hybridized carbons (Fsp3) is 0.905. The van der Waals surface area contributed by atoms with Gasteiger partial charge in [-0.2, -0.15) is 0 Å². The fourth-order valence-electron chi connectivity index (χ4n) is 3.25. The van der Waals surface area contributed by atoms with Crippen molar-refractivity contribution in [3.05, 3.63) is 0 Å². The number of hydrogen-bond acceptors (Lipinski definition) is 3. The molecular formula is C21H40O4. The standard InChI is InChI=1S/C21H40O4/c1-4-5-6-13-16-19(20(22)23)17-14-11-9-7-8-10-12-15-18(2)21(24)25-3/h18-19H,4-17H2,1-3H3,(H,22,23). The molecule has 0 heterocycles. The van der Waals surface area contributed by atoms with E-state index in [0.29, 0.717) is 0 Å². The third kappa shape index (κ3) is 13.9. The summed E-state index contributed by atoms with van der Waals surface area (Å²) in [4.78, 5) is 22.6. The van der Waals surface area contributed by atoms with Crippen LogP contribution in [0.1, 0.15) is 104 Å². The van der Waals surface area contributed by atoms with E-state index >= 15 is 0 Å². The molecule has 0 rings (SSSR count). The highest BCUT2D eigenvalue weighted by molar-refractivity contribution is 5.71. The summed E-state index contributed by atoms with van der Waals surface area (Å²) in [5, 5.41) is 9.30. The predicted molar refractivity (Wildman–Crippen MR) is 103 cm³/mol. The van der Waals surface area contributed by atoms with E-state index in [0.717, 1.165) is 57.8 Å². The number of hydrogen-bond donors (Lipinski definition) is 1. The molecule has 0 fully saturated rings. The summed E-state index contributed by atoms with van der Waals surface area (Å²) >= 11 is 0. The molecule has 2 unspecified atom stereocenters. The molecule has 0 amide bonds. The molecule has 0 aromatic carbocycles. The first-order valence-corrected chi connectivity index (χ1v) is 10.3. The van der Waals surface area contributed by atoms with Crippen LogP contribution in [0.4, 0.5) is 0 Å². The zero-order chi connectivity index (χ0) is 18.9. The van der Waals surface area contributed by atoms with Gasteiger partial charge in [-0.05, 0) is 19.3 Å². The maximum absolute atomic E-state index is 11.3. The Balaban J connectivity index is 3.54. The van der Waals surface area contributed by atoms with E-state index in [1.807, 2.05) is 6.92 Å². The minimum Gasteiger partial charge on any atom is -0.481 e. The maximum atomic E-state index is 11.3.